The third kappa shape index (κ3) is 3.75. The maximum Gasteiger partial charge on any atom is 0.297 e. The minimum absolute atomic E-state index is 0.0141. The number of carbonyl (C=O) groups is 1. The molecule has 2 heterocycles. The summed E-state index contributed by atoms with van der Waals surface area (Å²) in [6.45, 7) is 4.44. The SMILES string of the molecule is CC1CC(C)CC(Oc2c(C(=O)Nc3nn[nH]n3)oc3ccc(Cl)cc23)C1. The van der Waals surface area contributed by atoms with E-state index in [0.29, 0.717) is 33.6 Å². The van der Waals surface area contributed by atoms with Crippen LogP contribution in [0.3, 0.4) is 0 Å². The Hall–Kier alpha value is -2.61. The zero-order valence-corrected chi connectivity index (χ0v) is 15.8. The van der Waals surface area contributed by atoms with E-state index < -0.39 is 5.91 Å². The molecular weight excluding hydrogens is 370 g/mol. The molecule has 3 aromatic rings. The van der Waals surface area contributed by atoms with Crippen molar-refractivity contribution < 1.29 is 13.9 Å². The van der Waals surface area contributed by atoms with E-state index in [1.165, 1.54) is 6.42 Å². The van der Waals surface area contributed by atoms with Crippen LogP contribution in [0, 0.1) is 11.8 Å². The lowest BCUT2D eigenvalue weighted by Crippen LogP contribution is -2.29. The first-order valence-electron chi connectivity index (χ1n) is 8.93. The van der Waals surface area contributed by atoms with Gasteiger partial charge in [0.05, 0.1) is 11.5 Å². The van der Waals surface area contributed by atoms with Crippen molar-refractivity contribution in [2.24, 2.45) is 11.8 Å². The Morgan fingerprint density at radius 1 is 1.30 bits per heavy atom. The minimum atomic E-state index is -0.504. The largest absolute Gasteiger partial charge is 0.485 e. The second-order valence-electron chi connectivity index (χ2n) is 7.25. The number of hydrogen-bond donors (Lipinski definition) is 2. The number of H-pyrrole nitrogens is 1. The highest BCUT2D eigenvalue weighted by atomic mass is 35.5. The summed E-state index contributed by atoms with van der Waals surface area (Å²) < 4.78 is 12.1. The van der Waals surface area contributed by atoms with E-state index in [1.807, 2.05) is 0 Å². The number of nitrogens with zero attached hydrogens (tertiary/aromatic N) is 3. The Bertz CT molecular complexity index is 945. The van der Waals surface area contributed by atoms with Gasteiger partial charge in [-0.1, -0.05) is 30.5 Å². The average molecular weight is 390 g/mol. The molecule has 1 aromatic carbocycles. The molecule has 4 rings (SSSR count). The number of ether oxygens (including phenoxy) is 1. The van der Waals surface area contributed by atoms with E-state index in [2.05, 4.69) is 39.8 Å². The van der Waals surface area contributed by atoms with Crippen molar-refractivity contribution in [1.82, 2.24) is 20.6 Å². The van der Waals surface area contributed by atoms with Gasteiger partial charge >= 0.3 is 0 Å². The summed E-state index contributed by atoms with van der Waals surface area (Å²) in [5, 5.41) is 16.9. The first-order chi connectivity index (χ1) is 13.0. The lowest BCUT2D eigenvalue weighted by atomic mass is 9.82. The van der Waals surface area contributed by atoms with Crippen LogP contribution in [0.5, 0.6) is 5.75 Å². The Morgan fingerprint density at radius 3 is 2.78 bits per heavy atom. The van der Waals surface area contributed by atoms with E-state index in [0.717, 1.165) is 12.8 Å². The lowest BCUT2D eigenvalue weighted by molar-refractivity contribution is 0.0922. The summed E-state index contributed by atoms with van der Waals surface area (Å²) in [6, 6.07) is 5.18. The number of amides is 1. The van der Waals surface area contributed by atoms with Crippen molar-refractivity contribution in [3.05, 3.63) is 29.0 Å². The standard InChI is InChI=1S/C18H20ClN5O3/c1-9-5-10(2)7-12(6-9)26-15-13-8-11(19)3-4-14(13)27-16(15)17(25)20-18-21-23-24-22-18/h3-4,8-10,12H,5-7H2,1-2H3,(H2,20,21,22,23,24,25). The Morgan fingerprint density at radius 2 is 2.07 bits per heavy atom. The number of nitrogens with one attached hydrogen (secondary N) is 2. The van der Waals surface area contributed by atoms with Crippen molar-refractivity contribution in [2.75, 3.05) is 5.32 Å². The van der Waals surface area contributed by atoms with Gasteiger partial charge in [0.1, 0.15) is 5.58 Å². The number of rotatable bonds is 4. The van der Waals surface area contributed by atoms with Gasteiger partial charge in [-0.15, -0.1) is 5.10 Å². The summed E-state index contributed by atoms with van der Waals surface area (Å²) in [5.41, 5.74) is 0.532. The van der Waals surface area contributed by atoms with Crippen LogP contribution in [-0.4, -0.2) is 32.6 Å². The topological polar surface area (TPSA) is 106 Å². The zero-order valence-electron chi connectivity index (χ0n) is 15.0. The summed E-state index contributed by atoms with van der Waals surface area (Å²) >= 11 is 6.15. The number of aromatic nitrogens is 4. The van der Waals surface area contributed by atoms with Crippen molar-refractivity contribution in [2.45, 2.75) is 39.2 Å². The third-order valence-electron chi connectivity index (χ3n) is 4.80. The Kier molecular flexibility index (Phi) is 4.73. The molecule has 1 aliphatic carbocycles. The molecule has 2 unspecified atom stereocenters. The number of halogens is 1. The molecule has 0 bridgehead atoms. The molecule has 0 radical (unpaired) electrons. The number of hydrogen-bond acceptors (Lipinski definition) is 6. The van der Waals surface area contributed by atoms with Gasteiger partial charge in [-0.2, -0.15) is 5.21 Å². The molecule has 8 nitrogen and oxygen atoms in total. The van der Waals surface area contributed by atoms with E-state index in [1.54, 1.807) is 18.2 Å². The van der Waals surface area contributed by atoms with Gasteiger partial charge in [0.25, 0.3) is 11.9 Å². The average Bonchev–Trinajstić information content (AvgIpc) is 3.22. The van der Waals surface area contributed by atoms with Crippen LogP contribution in [0.1, 0.15) is 43.7 Å². The normalized spacial score (nSPS) is 22.7. The molecule has 0 spiro atoms. The van der Waals surface area contributed by atoms with Gasteiger partial charge in [-0.25, -0.2) is 0 Å². The molecule has 1 saturated carbocycles. The molecule has 2 N–H and O–H groups in total. The summed E-state index contributed by atoms with van der Waals surface area (Å²) in [5.74, 6) is 1.16. The highest BCUT2D eigenvalue weighted by Crippen LogP contribution is 2.39. The van der Waals surface area contributed by atoms with Crippen LogP contribution in [0.15, 0.2) is 22.6 Å². The fraction of sp³-hybridized carbons (Fsp3) is 0.444. The summed E-state index contributed by atoms with van der Waals surface area (Å²) in [4.78, 5) is 12.7. The minimum Gasteiger partial charge on any atom is -0.485 e. The smallest absolute Gasteiger partial charge is 0.297 e. The van der Waals surface area contributed by atoms with Crippen LogP contribution in [-0.2, 0) is 0 Å². The van der Waals surface area contributed by atoms with Gasteiger partial charge in [0.2, 0.25) is 5.76 Å². The number of anilines is 1. The molecule has 2 aromatic heterocycles. The molecule has 1 fully saturated rings. The molecule has 0 aliphatic heterocycles. The first kappa shape index (κ1) is 17.8. The van der Waals surface area contributed by atoms with Crippen LogP contribution in [0.25, 0.3) is 11.0 Å². The van der Waals surface area contributed by atoms with Crippen molar-refractivity contribution >= 4 is 34.4 Å². The van der Waals surface area contributed by atoms with Crippen LogP contribution in [0.4, 0.5) is 5.95 Å². The number of carbonyl (C=O) groups excluding carboxylic acids is 1. The highest BCUT2D eigenvalue weighted by Gasteiger charge is 2.30. The van der Waals surface area contributed by atoms with Crippen LogP contribution >= 0.6 is 11.6 Å². The Labute approximate surface area is 160 Å². The number of benzene rings is 1. The molecule has 27 heavy (non-hydrogen) atoms. The number of tetrazole rings is 1. The summed E-state index contributed by atoms with van der Waals surface area (Å²) in [7, 11) is 0. The van der Waals surface area contributed by atoms with Gasteiger partial charge in [0, 0.05) is 5.02 Å². The fourth-order valence-corrected chi connectivity index (χ4v) is 3.99. The van der Waals surface area contributed by atoms with Crippen LogP contribution in [0.2, 0.25) is 5.02 Å². The van der Waals surface area contributed by atoms with Gasteiger partial charge in [0.15, 0.2) is 5.75 Å². The zero-order chi connectivity index (χ0) is 19.0. The molecule has 9 heteroatoms. The first-order valence-corrected chi connectivity index (χ1v) is 9.31. The van der Waals surface area contributed by atoms with Gasteiger partial charge in [-0.3, -0.25) is 10.1 Å². The highest BCUT2D eigenvalue weighted by molar-refractivity contribution is 6.31. The second kappa shape index (κ2) is 7.19. The number of fused-ring (bicyclic) bond motifs is 1. The lowest BCUT2D eigenvalue weighted by Gasteiger charge is -2.31. The summed E-state index contributed by atoms with van der Waals surface area (Å²) in [6.07, 6.45) is 3.07. The molecule has 1 amide bonds. The maximum absolute atomic E-state index is 12.7. The maximum atomic E-state index is 12.7. The fourth-order valence-electron chi connectivity index (χ4n) is 3.82. The van der Waals surface area contributed by atoms with E-state index in [4.69, 9.17) is 20.8 Å². The van der Waals surface area contributed by atoms with Crippen molar-refractivity contribution in [3.63, 3.8) is 0 Å². The number of furan rings is 1. The van der Waals surface area contributed by atoms with Gasteiger partial charge < -0.3 is 9.15 Å². The second-order valence-corrected chi connectivity index (χ2v) is 7.68. The van der Waals surface area contributed by atoms with Crippen molar-refractivity contribution in [1.29, 1.82) is 0 Å². The van der Waals surface area contributed by atoms with E-state index in [-0.39, 0.29) is 17.8 Å². The van der Waals surface area contributed by atoms with E-state index in [9.17, 15) is 4.79 Å². The molecule has 2 atom stereocenters. The third-order valence-corrected chi connectivity index (χ3v) is 5.04. The molecule has 142 valence electrons. The molecule has 1 aliphatic rings. The van der Waals surface area contributed by atoms with E-state index >= 15 is 0 Å². The Balaban J connectivity index is 1.69. The predicted molar refractivity (Wildman–Crippen MR) is 99.9 cm³/mol. The van der Waals surface area contributed by atoms with Crippen LogP contribution < -0.4 is 10.1 Å². The van der Waals surface area contributed by atoms with Gasteiger partial charge in [-0.05, 0) is 54.5 Å². The molecule has 0 saturated heterocycles. The molecular formula is C18H20ClN5O3. The number of aromatic amines is 1. The predicted octanol–water partition coefficient (Wildman–Crippen LogP) is 4.06. The quantitative estimate of drug-likeness (QED) is 0.697. The van der Waals surface area contributed by atoms with Crippen molar-refractivity contribution in [3.8, 4) is 5.75 Å². The monoisotopic (exact) mass is 389 g/mol.